The van der Waals surface area contributed by atoms with E-state index < -0.39 is 0 Å². The van der Waals surface area contributed by atoms with Gasteiger partial charge in [-0.05, 0) is 47.0 Å². The van der Waals surface area contributed by atoms with E-state index >= 15 is 0 Å². The van der Waals surface area contributed by atoms with Crippen molar-refractivity contribution in [2.45, 2.75) is 0 Å². The minimum absolute atomic E-state index is 0.0775. The molecule has 3 heteroatoms. The summed E-state index contributed by atoms with van der Waals surface area (Å²) < 4.78 is 0. The van der Waals surface area contributed by atoms with Crippen molar-refractivity contribution in [2.75, 3.05) is 0 Å². The van der Waals surface area contributed by atoms with E-state index in [-0.39, 0.29) is 5.78 Å². The lowest BCUT2D eigenvalue weighted by Gasteiger charge is -2.08. The molecule has 4 rings (SSSR count). The van der Waals surface area contributed by atoms with Gasteiger partial charge >= 0.3 is 0 Å². The lowest BCUT2D eigenvalue weighted by atomic mass is 9.95. The Hall–Kier alpha value is -2.61. The Morgan fingerprint density at radius 2 is 1.35 bits per heavy atom. The number of hydrogen-bond acceptors (Lipinski definition) is 1. The van der Waals surface area contributed by atoms with Crippen LogP contribution < -0.4 is 0 Å². The van der Waals surface area contributed by atoms with E-state index in [0.29, 0.717) is 15.6 Å². The van der Waals surface area contributed by atoms with Crippen LogP contribution in [-0.4, -0.2) is 5.78 Å². The molecule has 0 saturated carbocycles. The first-order chi connectivity index (χ1) is 12.6. The highest BCUT2D eigenvalue weighted by atomic mass is 35.5. The van der Waals surface area contributed by atoms with Crippen molar-refractivity contribution in [1.82, 2.24) is 0 Å². The number of carbonyl (C=O) groups excluding carboxylic acids is 1. The molecule has 0 fully saturated rings. The molecule has 1 nitrogen and oxygen atoms in total. The first kappa shape index (κ1) is 16.8. The molecule has 3 aromatic carbocycles. The summed E-state index contributed by atoms with van der Waals surface area (Å²) in [5.41, 5.74) is 5.23. The number of halogens is 2. The lowest BCUT2D eigenvalue weighted by Crippen LogP contribution is -1.97. The number of allylic oxidation sites excluding steroid dienone is 3. The zero-order chi connectivity index (χ0) is 18.1. The van der Waals surface area contributed by atoms with Crippen molar-refractivity contribution < 1.29 is 4.79 Å². The Bertz CT molecular complexity index is 1050. The molecular weight excluding hydrogens is 363 g/mol. The molecule has 0 bridgehead atoms. The first-order valence-corrected chi connectivity index (χ1v) is 8.97. The van der Waals surface area contributed by atoms with E-state index in [1.54, 1.807) is 30.3 Å². The fraction of sp³-hybridized carbons (Fsp3) is 0. The summed E-state index contributed by atoms with van der Waals surface area (Å²) in [5, 5.41) is 1.27. The van der Waals surface area contributed by atoms with E-state index in [4.69, 9.17) is 23.2 Å². The number of fused-ring (bicyclic) bond motifs is 1. The van der Waals surface area contributed by atoms with Crippen LogP contribution in [-0.2, 0) is 0 Å². The molecule has 0 N–H and O–H groups in total. The summed E-state index contributed by atoms with van der Waals surface area (Å²) in [5.74, 6) is -0.0775. The van der Waals surface area contributed by atoms with Gasteiger partial charge in [-0.25, -0.2) is 0 Å². The van der Waals surface area contributed by atoms with Gasteiger partial charge in [0.05, 0.1) is 5.03 Å². The second kappa shape index (κ2) is 6.95. The number of benzene rings is 3. The maximum atomic E-state index is 12.8. The molecule has 0 amide bonds. The van der Waals surface area contributed by atoms with Crippen molar-refractivity contribution in [1.29, 1.82) is 0 Å². The Kier molecular flexibility index (Phi) is 4.50. The summed E-state index contributed by atoms with van der Waals surface area (Å²) in [6.07, 6.45) is 1.67. The minimum atomic E-state index is -0.0775. The van der Waals surface area contributed by atoms with Crippen LogP contribution in [0.3, 0.4) is 0 Å². The normalized spacial score (nSPS) is 14.6. The van der Waals surface area contributed by atoms with Crippen LogP contribution in [0.15, 0.2) is 84.9 Å². The van der Waals surface area contributed by atoms with Gasteiger partial charge in [0.1, 0.15) is 0 Å². The van der Waals surface area contributed by atoms with Gasteiger partial charge in [0.2, 0.25) is 0 Å². The van der Waals surface area contributed by atoms with E-state index in [9.17, 15) is 4.79 Å². The SMILES string of the molecule is O=C(/C=C1/C(c2ccccc2)=C(Cl)c2ccccc21)c1ccc(Cl)cc1. The number of carbonyl (C=O) groups is 1. The third-order valence-electron chi connectivity index (χ3n) is 4.41. The van der Waals surface area contributed by atoms with E-state index in [2.05, 4.69) is 0 Å². The van der Waals surface area contributed by atoms with Crippen LogP contribution in [0.1, 0.15) is 27.0 Å². The molecule has 0 heterocycles. The fourth-order valence-electron chi connectivity index (χ4n) is 3.16. The topological polar surface area (TPSA) is 17.1 Å². The highest BCUT2D eigenvalue weighted by Crippen LogP contribution is 2.48. The summed E-state index contributed by atoms with van der Waals surface area (Å²) in [7, 11) is 0. The predicted molar refractivity (Wildman–Crippen MR) is 109 cm³/mol. The third kappa shape index (κ3) is 3.01. The largest absolute Gasteiger partial charge is 0.289 e. The van der Waals surface area contributed by atoms with Crippen molar-refractivity contribution in [3.8, 4) is 0 Å². The van der Waals surface area contributed by atoms with Crippen molar-refractivity contribution in [3.63, 3.8) is 0 Å². The van der Waals surface area contributed by atoms with Gasteiger partial charge in [0.15, 0.2) is 5.78 Å². The Balaban J connectivity index is 1.86. The Labute approximate surface area is 162 Å². The van der Waals surface area contributed by atoms with Gasteiger partial charge in [-0.2, -0.15) is 0 Å². The number of hydrogen-bond donors (Lipinski definition) is 0. The van der Waals surface area contributed by atoms with Crippen LogP contribution in [0.2, 0.25) is 5.02 Å². The minimum Gasteiger partial charge on any atom is -0.289 e. The van der Waals surface area contributed by atoms with Crippen LogP contribution in [0.4, 0.5) is 0 Å². The molecule has 1 aliphatic carbocycles. The molecule has 0 unspecified atom stereocenters. The molecule has 0 atom stereocenters. The van der Waals surface area contributed by atoms with Gasteiger partial charge in [-0.1, -0.05) is 77.8 Å². The van der Waals surface area contributed by atoms with Crippen LogP contribution in [0.25, 0.3) is 16.2 Å². The molecular formula is C23H14Cl2O. The highest BCUT2D eigenvalue weighted by Gasteiger charge is 2.26. The fourth-order valence-corrected chi connectivity index (χ4v) is 3.66. The molecule has 0 aliphatic heterocycles. The third-order valence-corrected chi connectivity index (χ3v) is 5.05. The smallest absolute Gasteiger partial charge is 0.186 e. The average Bonchev–Trinajstić information content (AvgIpc) is 2.95. The molecule has 0 radical (unpaired) electrons. The lowest BCUT2D eigenvalue weighted by molar-refractivity contribution is 0.104. The van der Waals surface area contributed by atoms with Gasteiger partial charge in [-0.15, -0.1) is 0 Å². The van der Waals surface area contributed by atoms with E-state index in [0.717, 1.165) is 27.8 Å². The molecule has 26 heavy (non-hydrogen) atoms. The van der Waals surface area contributed by atoms with Gasteiger partial charge < -0.3 is 0 Å². The van der Waals surface area contributed by atoms with Gasteiger partial charge in [-0.3, -0.25) is 4.79 Å². The Morgan fingerprint density at radius 3 is 2.04 bits per heavy atom. The summed E-state index contributed by atoms with van der Waals surface area (Å²) in [6, 6.07) is 24.7. The Morgan fingerprint density at radius 1 is 0.731 bits per heavy atom. The summed E-state index contributed by atoms with van der Waals surface area (Å²) in [4.78, 5) is 12.8. The summed E-state index contributed by atoms with van der Waals surface area (Å²) in [6.45, 7) is 0. The van der Waals surface area contributed by atoms with E-state index in [1.807, 2.05) is 54.6 Å². The maximum absolute atomic E-state index is 12.8. The zero-order valence-electron chi connectivity index (χ0n) is 13.7. The molecule has 126 valence electrons. The zero-order valence-corrected chi connectivity index (χ0v) is 15.3. The van der Waals surface area contributed by atoms with Crippen molar-refractivity contribution in [3.05, 3.63) is 112 Å². The summed E-state index contributed by atoms with van der Waals surface area (Å²) >= 11 is 12.6. The van der Waals surface area contributed by atoms with Gasteiger partial charge in [0, 0.05) is 21.7 Å². The molecule has 1 aliphatic rings. The highest BCUT2D eigenvalue weighted by molar-refractivity contribution is 6.57. The average molecular weight is 377 g/mol. The predicted octanol–water partition coefficient (Wildman–Crippen LogP) is 6.73. The van der Waals surface area contributed by atoms with Crippen LogP contribution >= 0.6 is 23.2 Å². The molecule has 0 aromatic heterocycles. The quantitative estimate of drug-likeness (QED) is 0.365. The second-order valence-electron chi connectivity index (χ2n) is 6.03. The monoisotopic (exact) mass is 376 g/mol. The molecule has 3 aromatic rings. The van der Waals surface area contributed by atoms with Gasteiger partial charge in [0.25, 0.3) is 0 Å². The first-order valence-electron chi connectivity index (χ1n) is 8.22. The van der Waals surface area contributed by atoms with Crippen LogP contribution in [0, 0.1) is 0 Å². The number of rotatable bonds is 3. The molecule has 0 saturated heterocycles. The van der Waals surface area contributed by atoms with Crippen molar-refractivity contribution >= 4 is 45.2 Å². The number of ketones is 1. The van der Waals surface area contributed by atoms with Crippen molar-refractivity contribution in [2.24, 2.45) is 0 Å². The standard InChI is InChI=1S/C23H14Cl2O/c24-17-12-10-15(11-13-17)21(26)14-20-18-8-4-5-9-19(18)23(25)22(20)16-6-2-1-3-7-16/h1-14H/b20-14+. The molecule has 0 spiro atoms. The van der Waals surface area contributed by atoms with Crippen LogP contribution in [0.5, 0.6) is 0 Å². The van der Waals surface area contributed by atoms with E-state index in [1.165, 1.54) is 0 Å². The second-order valence-corrected chi connectivity index (χ2v) is 6.84. The maximum Gasteiger partial charge on any atom is 0.186 e.